The van der Waals surface area contributed by atoms with Crippen LogP contribution in [0.5, 0.6) is 0 Å². The number of nitro groups is 1. The first-order valence-corrected chi connectivity index (χ1v) is 7.97. The molecule has 2 rings (SSSR count). The summed E-state index contributed by atoms with van der Waals surface area (Å²) in [7, 11) is 0. The highest BCUT2D eigenvalue weighted by molar-refractivity contribution is 7.98. The Bertz CT molecular complexity index is 511. The molecule has 1 amide bonds. The number of rotatable bonds is 3. The van der Waals surface area contributed by atoms with Crippen LogP contribution in [0, 0.1) is 10.1 Å². The van der Waals surface area contributed by atoms with Gasteiger partial charge in [0.05, 0.1) is 9.82 Å². The van der Waals surface area contributed by atoms with Gasteiger partial charge in [-0.3, -0.25) is 14.9 Å². The van der Waals surface area contributed by atoms with Crippen molar-refractivity contribution in [3.8, 4) is 0 Å². The van der Waals surface area contributed by atoms with E-state index in [1.54, 1.807) is 18.4 Å². The molecule has 0 spiro atoms. The van der Waals surface area contributed by atoms with Crippen LogP contribution < -0.4 is 0 Å². The molecule has 1 aromatic carbocycles. The fourth-order valence-corrected chi connectivity index (χ4v) is 2.97. The normalized spacial score (nSPS) is 15.8. The van der Waals surface area contributed by atoms with Crippen molar-refractivity contribution in [1.82, 2.24) is 4.90 Å². The Morgan fingerprint density at radius 1 is 1.25 bits per heavy atom. The highest BCUT2D eigenvalue weighted by atomic mass is 32.2. The third kappa shape index (κ3) is 3.30. The molecule has 1 fully saturated rings. The topological polar surface area (TPSA) is 63.5 Å². The van der Waals surface area contributed by atoms with Crippen molar-refractivity contribution in [1.29, 1.82) is 0 Å². The van der Waals surface area contributed by atoms with Crippen LogP contribution >= 0.6 is 11.8 Å². The standard InChI is InChI=1S/C14H18N2O3S/c1-20-13-7-6-11(10-12(13)16(18)19)14(17)15-8-4-2-3-5-9-15/h6-7,10H,2-5,8-9H2,1H3. The van der Waals surface area contributed by atoms with Gasteiger partial charge in [-0.15, -0.1) is 11.8 Å². The number of benzene rings is 1. The second-order valence-electron chi connectivity index (χ2n) is 4.85. The Morgan fingerprint density at radius 3 is 2.45 bits per heavy atom. The van der Waals surface area contributed by atoms with Gasteiger partial charge in [0.2, 0.25) is 0 Å². The Hall–Kier alpha value is -1.56. The smallest absolute Gasteiger partial charge is 0.283 e. The van der Waals surface area contributed by atoms with Crippen LogP contribution in [0.1, 0.15) is 36.0 Å². The SMILES string of the molecule is CSc1ccc(C(=O)N2CCCCCC2)cc1[N+](=O)[O-]. The molecule has 20 heavy (non-hydrogen) atoms. The molecule has 0 atom stereocenters. The zero-order valence-electron chi connectivity index (χ0n) is 11.5. The highest BCUT2D eigenvalue weighted by Gasteiger charge is 2.21. The maximum atomic E-state index is 12.4. The molecule has 0 unspecified atom stereocenters. The van der Waals surface area contributed by atoms with Gasteiger partial charge in [0, 0.05) is 24.7 Å². The first-order valence-electron chi connectivity index (χ1n) is 6.75. The largest absolute Gasteiger partial charge is 0.339 e. The number of hydrogen-bond donors (Lipinski definition) is 0. The predicted molar refractivity (Wildman–Crippen MR) is 79.2 cm³/mol. The fourth-order valence-electron chi connectivity index (χ4n) is 2.42. The molecule has 1 aliphatic rings. The van der Waals surface area contributed by atoms with Crippen molar-refractivity contribution in [2.24, 2.45) is 0 Å². The number of hydrogen-bond acceptors (Lipinski definition) is 4. The van der Waals surface area contributed by atoms with E-state index in [-0.39, 0.29) is 11.6 Å². The molecule has 0 radical (unpaired) electrons. The maximum Gasteiger partial charge on any atom is 0.283 e. The van der Waals surface area contributed by atoms with Crippen molar-refractivity contribution >= 4 is 23.4 Å². The van der Waals surface area contributed by atoms with Crippen LogP contribution in [0.2, 0.25) is 0 Å². The van der Waals surface area contributed by atoms with Crippen molar-refractivity contribution < 1.29 is 9.72 Å². The molecule has 1 aliphatic heterocycles. The summed E-state index contributed by atoms with van der Waals surface area (Å²) in [5.41, 5.74) is 0.426. The van der Waals surface area contributed by atoms with E-state index in [9.17, 15) is 14.9 Å². The first kappa shape index (κ1) is 14.8. The van der Waals surface area contributed by atoms with Gasteiger partial charge in [-0.25, -0.2) is 0 Å². The average molecular weight is 294 g/mol. The van der Waals surface area contributed by atoms with E-state index in [2.05, 4.69) is 0 Å². The lowest BCUT2D eigenvalue weighted by molar-refractivity contribution is -0.387. The van der Waals surface area contributed by atoms with Crippen molar-refractivity contribution in [3.05, 3.63) is 33.9 Å². The van der Waals surface area contributed by atoms with Gasteiger partial charge in [-0.1, -0.05) is 12.8 Å². The minimum atomic E-state index is -0.426. The van der Waals surface area contributed by atoms with E-state index in [1.807, 2.05) is 4.90 Å². The molecule has 1 aromatic rings. The van der Waals surface area contributed by atoms with E-state index in [4.69, 9.17) is 0 Å². The van der Waals surface area contributed by atoms with Gasteiger partial charge in [0.15, 0.2) is 0 Å². The fraction of sp³-hybridized carbons (Fsp3) is 0.500. The van der Waals surface area contributed by atoms with Crippen molar-refractivity contribution in [3.63, 3.8) is 0 Å². The molecule has 0 N–H and O–H groups in total. The molecule has 0 bridgehead atoms. The van der Waals surface area contributed by atoms with Crippen LogP contribution in [0.4, 0.5) is 5.69 Å². The van der Waals surface area contributed by atoms with E-state index < -0.39 is 4.92 Å². The van der Waals surface area contributed by atoms with Gasteiger partial charge >= 0.3 is 0 Å². The zero-order valence-corrected chi connectivity index (χ0v) is 12.3. The van der Waals surface area contributed by atoms with Crippen LogP contribution in [-0.2, 0) is 0 Å². The first-order chi connectivity index (χ1) is 9.63. The molecule has 1 saturated heterocycles. The third-order valence-corrected chi connectivity index (χ3v) is 4.30. The van der Waals surface area contributed by atoms with Gasteiger partial charge in [-0.05, 0) is 31.2 Å². The van der Waals surface area contributed by atoms with E-state index in [1.165, 1.54) is 17.8 Å². The summed E-state index contributed by atoms with van der Waals surface area (Å²) in [6, 6.07) is 4.75. The Morgan fingerprint density at radius 2 is 1.90 bits per heavy atom. The lowest BCUT2D eigenvalue weighted by Crippen LogP contribution is -2.31. The van der Waals surface area contributed by atoms with Crippen LogP contribution in [0.15, 0.2) is 23.1 Å². The Balaban J connectivity index is 2.25. The minimum Gasteiger partial charge on any atom is -0.339 e. The van der Waals surface area contributed by atoms with Crippen LogP contribution in [-0.4, -0.2) is 35.1 Å². The lowest BCUT2D eigenvalue weighted by atomic mass is 10.1. The van der Waals surface area contributed by atoms with Crippen LogP contribution in [0.25, 0.3) is 0 Å². The maximum absolute atomic E-state index is 12.4. The lowest BCUT2D eigenvalue weighted by Gasteiger charge is -2.20. The zero-order chi connectivity index (χ0) is 14.5. The van der Waals surface area contributed by atoms with Gasteiger partial charge in [0.1, 0.15) is 0 Å². The summed E-state index contributed by atoms with van der Waals surface area (Å²) in [6.07, 6.45) is 6.11. The monoisotopic (exact) mass is 294 g/mol. The molecule has 0 aromatic heterocycles. The van der Waals surface area contributed by atoms with E-state index >= 15 is 0 Å². The number of carbonyl (C=O) groups excluding carboxylic acids is 1. The third-order valence-electron chi connectivity index (χ3n) is 3.52. The molecule has 0 aliphatic carbocycles. The summed E-state index contributed by atoms with van der Waals surface area (Å²) in [5.74, 6) is -0.0948. The van der Waals surface area contributed by atoms with Crippen molar-refractivity contribution in [2.75, 3.05) is 19.3 Å². The quantitative estimate of drug-likeness (QED) is 0.487. The van der Waals surface area contributed by atoms with Gasteiger partial charge < -0.3 is 4.90 Å². The summed E-state index contributed by atoms with van der Waals surface area (Å²) in [4.78, 5) is 25.4. The number of carbonyl (C=O) groups is 1. The minimum absolute atomic E-state index is 0.0122. The summed E-state index contributed by atoms with van der Waals surface area (Å²) in [5, 5.41) is 11.1. The van der Waals surface area contributed by atoms with E-state index in [0.717, 1.165) is 38.8 Å². The molecule has 6 heteroatoms. The number of amides is 1. The number of nitro benzene ring substituents is 1. The average Bonchev–Trinajstić information content (AvgIpc) is 2.74. The highest BCUT2D eigenvalue weighted by Crippen LogP contribution is 2.29. The van der Waals surface area contributed by atoms with E-state index in [0.29, 0.717) is 10.5 Å². The number of thioether (sulfide) groups is 1. The Labute approximate surface area is 122 Å². The molecular weight excluding hydrogens is 276 g/mol. The predicted octanol–water partition coefficient (Wildman–Crippen LogP) is 3.33. The Kier molecular flexibility index (Phi) is 5.00. The van der Waals surface area contributed by atoms with Gasteiger partial charge in [-0.2, -0.15) is 0 Å². The summed E-state index contributed by atoms with van der Waals surface area (Å²) < 4.78 is 0. The number of nitrogens with zero attached hydrogens (tertiary/aromatic N) is 2. The second-order valence-corrected chi connectivity index (χ2v) is 5.70. The summed E-state index contributed by atoms with van der Waals surface area (Å²) in [6.45, 7) is 1.49. The van der Waals surface area contributed by atoms with Gasteiger partial charge in [0.25, 0.3) is 11.6 Å². The van der Waals surface area contributed by atoms with Crippen molar-refractivity contribution in [2.45, 2.75) is 30.6 Å². The molecule has 0 saturated carbocycles. The molecule has 5 nitrogen and oxygen atoms in total. The molecule has 1 heterocycles. The number of likely N-dealkylation sites (tertiary alicyclic amines) is 1. The molecule has 108 valence electrons. The summed E-state index contributed by atoms with van der Waals surface area (Å²) >= 11 is 1.32. The second kappa shape index (κ2) is 6.74. The van der Waals surface area contributed by atoms with Crippen LogP contribution in [0.3, 0.4) is 0 Å². The molecular formula is C14H18N2O3S.